The first-order valence-corrected chi connectivity index (χ1v) is 8.31. The molecule has 1 rings (SSSR count). The number of benzene rings is 1. The molecule has 0 aromatic heterocycles. The molecule has 22 heavy (non-hydrogen) atoms. The largest absolute Gasteiger partial charge is 0.323 e. The van der Waals surface area contributed by atoms with Crippen molar-refractivity contribution in [3.05, 3.63) is 29.8 Å². The highest BCUT2D eigenvalue weighted by atomic mass is 16.2. The Bertz CT molecular complexity index is 455. The number of carbonyl (C=O) groups excluding carboxylic acids is 1. The fraction of sp³-hybridized carbons (Fsp3) is 0.611. The molecule has 0 heterocycles. The van der Waals surface area contributed by atoms with Gasteiger partial charge in [0, 0.05) is 25.3 Å². The van der Waals surface area contributed by atoms with E-state index in [9.17, 15) is 4.79 Å². The highest BCUT2D eigenvalue weighted by Gasteiger charge is 2.16. The third kappa shape index (κ3) is 6.48. The van der Waals surface area contributed by atoms with Gasteiger partial charge in [0.2, 0.25) is 0 Å². The fourth-order valence-electron chi connectivity index (χ4n) is 2.44. The Kier molecular flexibility index (Phi) is 7.96. The molecule has 0 bridgehead atoms. The van der Waals surface area contributed by atoms with Gasteiger partial charge >= 0.3 is 6.03 Å². The molecule has 2 amide bonds. The van der Waals surface area contributed by atoms with Gasteiger partial charge < -0.3 is 15.1 Å². The van der Waals surface area contributed by atoms with Crippen LogP contribution in [0.2, 0.25) is 0 Å². The van der Waals surface area contributed by atoms with Gasteiger partial charge in [0.05, 0.1) is 0 Å². The third-order valence-corrected chi connectivity index (χ3v) is 3.72. The van der Waals surface area contributed by atoms with Gasteiger partial charge in [-0.3, -0.25) is 0 Å². The Morgan fingerprint density at radius 1 is 1.18 bits per heavy atom. The molecule has 0 saturated heterocycles. The maximum atomic E-state index is 12.5. The number of hydrogen-bond acceptors (Lipinski definition) is 2. The van der Waals surface area contributed by atoms with Crippen LogP contribution in [-0.2, 0) is 0 Å². The zero-order valence-corrected chi connectivity index (χ0v) is 14.7. The molecule has 0 radical (unpaired) electrons. The van der Waals surface area contributed by atoms with Crippen molar-refractivity contribution in [3.63, 3.8) is 0 Å². The van der Waals surface area contributed by atoms with Gasteiger partial charge in [0.25, 0.3) is 0 Å². The van der Waals surface area contributed by atoms with Crippen molar-refractivity contribution in [2.75, 3.05) is 38.0 Å². The molecule has 0 atom stereocenters. The molecular weight excluding hydrogens is 274 g/mol. The van der Waals surface area contributed by atoms with Crippen LogP contribution in [0.1, 0.15) is 33.3 Å². The predicted molar refractivity (Wildman–Crippen MR) is 94.4 cm³/mol. The summed E-state index contributed by atoms with van der Waals surface area (Å²) in [4.78, 5) is 16.8. The average molecular weight is 305 g/mol. The molecule has 0 fully saturated rings. The topological polar surface area (TPSA) is 35.6 Å². The maximum absolute atomic E-state index is 12.5. The number of amides is 2. The molecule has 1 N–H and O–H groups in total. The van der Waals surface area contributed by atoms with Crippen molar-refractivity contribution in [2.45, 2.75) is 34.6 Å². The van der Waals surface area contributed by atoms with E-state index in [-0.39, 0.29) is 6.03 Å². The van der Waals surface area contributed by atoms with E-state index in [1.807, 2.05) is 36.1 Å². The Hall–Kier alpha value is -1.55. The first kappa shape index (κ1) is 18.5. The highest BCUT2D eigenvalue weighted by Crippen LogP contribution is 2.11. The number of carbonyl (C=O) groups is 1. The smallest absolute Gasteiger partial charge is 0.321 e. The number of anilines is 1. The SMILES string of the molecule is CCN(CC)CCN(CC(C)C)C(=O)Nc1cccc(C)c1. The number of rotatable bonds is 8. The van der Waals surface area contributed by atoms with Gasteiger partial charge in [-0.25, -0.2) is 4.79 Å². The van der Waals surface area contributed by atoms with Gasteiger partial charge in [-0.1, -0.05) is 39.8 Å². The van der Waals surface area contributed by atoms with Crippen molar-refractivity contribution < 1.29 is 4.79 Å². The molecule has 0 saturated carbocycles. The monoisotopic (exact) mass is 305 g/mol. The Balaban J connectivity index is 2.67. The lowest BCUT2D eigenvalue weighted by Crippen LogP contribution is -2.42. The van der Waals surface area contributed by atoms with Crippen LogP contribution in [0.25, 0.3) is 0 Å². The van der Waals surface area contributed by atoms with Crippen molar-refractivity contribution in [1.29, 1.82) is 0 Å². The fourth-order valence-corrected chi connectivity index (χ4v) is 2.44. The molecule has 1 aromatic rings. The summed E-state index contributed by atoms with van der Waals surface area (Å²) in [5, 5.41) is 3.02. The molecule has 0 aliphatic rings. The van der Waals surface area contributed by atoms with Crippen molar-refractivity contribution in [1.82, 2.24) is 9.80 Å². The molecule has 0 aliphatic carbocycles. The molecule has 1 aromatic carbocycles. The third-order valence-electron chi connectivity index (χ3n) is 3.72. The van der Waals surface area contributed by atoms with E-state index >= 15 is 0 Å². The standard InChI is InChI=1S/C18H31N3O/c1-6-20(7-2)11-12-21(14-15(3)4)18(22)19-17-10-8-9-16(5)13-17/h8-10,13,15H,6-7,11-12,14H2,1-5H3,(H,19,22). The first-order valence-electron chi connectivity index (χ1n) is 8.31. The van der Waals surface area contributed by atoms with Crippen molar-refractivity contribution >= 4 is 11.7 Å². The lowest BCUT2D eigenvalue weighted by Gasteiger charge is -2.28. The van der Waals surface area contributed by atoms with Gasteiger partial charge in [-0.05, 0) is 43.6 Å². The Morgan fingerprint density at radius 3 is 2.41 bits per heavy atom. The number of urea groups is 1. The van der Waals surface area contributed by atoms with E-state index in [0.717, 1.165) is 44.0 Å². The van der Waals surface area contributed by atoms with Gasteiger partial charge in [-0.2, -0.15) is 0 Å². The normalized spacial score (nSPS) is 11.0. The van der Waals surface area contributed by atoms with E-state index < -0.39 is 0 Å². The summed E-state index contributed by atoms with van der Waals surface area (Å²) in [7, 11) is 0. The first-order chi connectivity index (χ1) is 10.5. The Morgan fingerprint density at radius 2 is 1.86 bits per heavy atom. The molecule has 4 heteroatoms. The maximum Gasteiger partial charge on any atom is 0.321 e. The highest BCUT2D eigenvalue weighted by molar-refractivity contribution is 5.89. The molecule has 124 valence electrons. The average Bonchev–Trinajstić information content (AvgIpc) is 2.46. The van der Waals surface area contributed by atoms with Crippen LogP contribution >= 0.6 is 0 Å². The number of hydrogen-bond donors (Lipinski definition) is 1. The van der Waals surface area contributed by atoms with Crippen LogP contribution in [0.5, 0.6) is 0 Å². The molecule has 4 nitrogen and oxygen atoms in total. The zero-order valence-electron chi connectivity index (χ0n) is 14.7. The molecule has 0 aliphatic heterocycles. The quantitative estimate of drug-likeness (QED) is 0.792. The van der Waals surface area contributed by atoms with Crippen LogP contribution in [0, 0.1) is 12.8 Å². The van der Waals surface area contributed by atoms with Crippen LogP contribution in [0.4, 0.5) is 10.5 Å². The van der Waals surface area contributed by atoms with Crippen molar-refractivity contribution in [2.24, 2.45) is 5.92 Å². The van der Waals surface area contributed by atoms with Gasteiger partial charge in [0.1, 0.15) is 0 Å². The number of likely N-dealkylation sites (N-methyl/N-ethyl adjacent to an activating group) is 1. The van der Waals surface area contributed by atoms with E-state index in [0.29, 0.717) is 5.92 Å². The second-order valence-corrected chi connectivity index (χ2v) is 6.17. The number of aryl methyl sites for hydroxylation is 1. The number of nitrogens with zero attached hydrogens (tertiary/aromatic N) is 2. The van der Waals surface area contributed by atoms with Crippen LogP contribution in [0.15, 0.2) is 24.3 Å². The summed E-state index contributed by atoms with van der Waals surface area (Å²) < 4.78 is 0. The Labute approximate surface area is 135 Å². The van der Waals surface area contributed by atoms with Crippen LogP contribution in [-0.4, -0.2) is 48.6 Å². The molecular formula is C18H31N3O. The summed E-state index contributed by atoms with van der Waals surface area (Å²) >= 11 is 0. The minimum Gasteiger partial charge on any atom is -0.323 e. The lowest BCUT2D eigenvalue weighted by atomic mass is 10.2. The summed E-state index contributed by atoms with van der Waals surface area (Å²) in [5.74, 6) is 0.458. The van der Waals surface area contributed by atoms with E-state index in [4.69, 9.17) is 0 Å². The van der Waals surface area contributed by atoms with Crippen LogP contribution in [0.3, 0.4) is 0 Å². The minimum atomic E-state index is -0.00791. The minimum absolute atomic E-state index is 0.00791. The van der Waals surface area contributed by atoms with Gasteiger partial charge in [-0.15, -0.1) is 0 Å². The zero-order chi connectivity index (χ0) is 16.5. The number of nitrogens with one attached hydrogen (secondary N) is 1. The summed E-state index contributed by atoms with van der Waals surface area (Å²) in [6, 6.07) is 7.92. The second-order valence-electron chi connectivity index (χ2n) is 6.17. The second kappa shape index (κ2) is 9.46. The van der Waals surface area contributed by atoms with Gasteiger partial charge in [0.15, 0.2) is 0 Å². The van der Waals surface area contributed by atoms with E-state index in [1.54, 1.807) is 0 Å². The molecule has 0 unspecified atom stereocenters. The van der Waals surface area contributed by atoms with E-state index in [1.165, 1.54) is 0 Å². The van der Waals surface area contributed by atoms with Crippen molar-refractivity contribution in [3.8, 4) is 0 Å². The lowest BCUT2D eigenvalue weighted by molar-refractivity contribution is 0.189. The van der Waals surface area contributed by atoms with Crippen LogP contribution < -0.4 is 5.32 Å². The van der Waals surface area contributed by atoms with E-state index in [2.05, 4.69) is 37.9 Å². The predicted octanol–water partition coefficient (Wildman–Crippen LogP) is 3.83. The summed E-state index contributed by atoms with van der Waals surface area (Å²) in [5.41, 5.74) is 2.01. The molecule has 0 spiro atoms. The summed E-state index contributed by atoms with van der Waals surface area (Å²) in [6.07, 6.45) is 0. The summed E-state index contributed by atoms with van der Waals surface area (Å²) in [6.45, 7) is 15.1.